The number of hydrogen-bond acceptors (Lipinski definition) is 4. The molecule has 0 saturated heterocycles. The molecule has 5 heteroatoms. The van der Waals surface area contributed by atoms with Crippen LogP contribution in [0.3, 0.4) is 0 Å². The molecule has 0 fully saturated rings. The molecule has 2 aromatic heterocycles. The molecule has 0 unspecified atom stereocenters. The topological polar surface area (TPSA) is 61.9 Å². The number of pyridine rings is 1. The number of aromatic nitrogens is 3. The van der Waals surface area contributed by atoms with E-state index in [1.165, 1.54) is 5.56 Å². The maximum atomic E-state index is 12.1. The second-order valence-corrected chi connectivity index (χ2v) is 7.47. The summed E-state index contributed by atoms with van der Waals surface area (Å²) in [6.45, 7) is 12.5. The minimum absolute atomic E-state index is 0.0404. The van der Waals surface area contributed by atoms with E-state index in [0.29, 0.717) is 0 Å². The van der Waals surface area contributed by atoms with Gasteiger partial charge in [-0.05, 0) is 13.8 Å². The number of fused-ring (bicyclic) bond motifs is 1. The molecule has 0 aliphatic carbocycles. The first kappa shape index (κ1) is 15.9. The van der Waals surface area contributed by atoms with Gasteiger partial charge in [0.15, 0.2) is 5.43 Å². The second-order valence-electron chi connectivity index (χ2n) is 7.47. The number of aromatic amines is 1. The summed E-state index contributed by atoms with van der Waals surface area (Å²) in [4.78, 5) is 26.9. The van der Waals surface area contributed by atoms with Gasteiger partial charge >= 0.3 is 0 Å². The summed E-state index contributed by atoms with van der Waals surface area (Å²) in [6.07, 6.45) is 3.75. The summed E-state index contributed by atoms with van der Waals surface area (Å²) < 4.78 is 0. The highest BCUT2D eigenvalue weighted by atomic mass is 16.1. The van der Waals surface area contributed by atoms with Crippen LogP contribution >= 0.6 is 0 Å². The summed E-state index contributed by atoms with van der Waals surface area (Å²) in [7, 11) is 0. The molecule has 0 atom stereocenters. The fraction of sp³-hybridized carbons (Fsp3) is 0.500. The Kier molecular flexibility index (Phi) is 3.84. The van der Waals surface area contributed by atoms with Crippen molar-refractivity contribution in [1.29, 1.82) is 0 Å². The molecule has 0 aromatic carbocycles. The zero-order valence-electron chi connectivity index (χ0n) is 14.5. The first-order chi connectivity index (χ1) is 10.8. The Labute approximate surface area is 136 Å². The lowest BCUT2D eigenvalue weighted by molar-refractivity contribution is 0.269. The largest absolute Gasteiger partial charge is 0.363 e. The summed E-state index contributed by atoms with van der Waals surface area (Å²) >= 11 is 0. The lowest BCUT2D eigenvalue weighted by atomic mass is 9.95. The molecule has 1 N–H and O–H groups in total. The van der Waals surface area contributed by atoms with Crippen LogP contribution in [-0.2, 0) is 25.0 Å². The summed E-state index contributed by atoms with van der Waals surface area (Å²) in [6, 6.07) is 0. The summed E-state index contributed by atoms with van der Waals surface area (Å²) in [5.74, 6) is 0.887. The molecular weight excluding hydrogens is 288 g/mol. The van der Waals surface area contributed by atoms with Crippen molar-refractivity contribution in [2.45, 2.75) is 59.7 Å². The molecule has 1 aliphatic heterocycles. The Morgan fingerprint density at radius 3 is 2.70 bits per heavy atom. The van der Waals surface area contributed by atoms with Crippen LogP contribution in [0.4, 0.5) is 0 Å². The molecule has 23 heavy (non-hydrogen) atoms. The molecule has 0 amide bonds. The smallest absolute Gasteiger partial charge is 0.187 e. The van der Waals surface area contributed by atoms with Crippen LogP contribution in [0, 0.1) is 13.8 Å². The van der Waals surface area contributed by atoms with Crippen LogP contribution in [0.25, 0.3) is 0 Å². The van der Waals surface area contributed by atoms with Gasteiger partial charge in [-0.2, -0.15) is 0 Å². The third-order valence-corrected chi connectivity index (χ3v) is 4.39. The Bertz CT molecular complexity index is 802. The van der Waals surface area contributed by atoms with Crippen molar-refractivity contribution in [3.05, 3.63) is 56.5 Å². The van der Waals surface area contributed by atoms with Gasteiger partial charge in [-0.15, -0.1) is 0 Å². The highest BCUT2D eigenvalue weighted by molar-refractivity contribution is 5.26. The van der Waals surface area contributed by atoms with Crippen molar-refractivity contribution < 1.29 is 0 Å². The molecule has 3 rings (SSSR count). The van der Waals surface area contributed by atoms with Crippen LogP contribution in [0.2, 0.25) is 0 Å². The molecule has 0 bridgehead atoms. The Balaban J connectivity index is 1.81. The van der Waals surface area contributed by atoms with Gasteiger partial charge in [0.1, 0.15) is 5.82 Å². The minimum Gasteiger partial charge on any atom is -0.363 e. The summed E-state index contributed by atoms with van der Waals surface area (Å²) in [5, 5.41) is 0. The lowest BCUT2D eigenvalue weighted by Gasteiger charge is -2.17. The third-order valence-electron chi connectivity index (χ3n) is 4.39. The highest BCUT2D eigenvalue weighted by Gasteiger charge is 2.25. The molecule has 0 saturated carbocycles. The van der Waals surface area contributed by atoms with Crippen LogP contribution in [0.5, 0.6) is 0 Å². The maximum absolute atomic E-state index is 12.1. The molecular formula is C18H24N4O. The first-order valence-corrected chi connectivity index (χ1v) is 8.01. The van der Waals surface area contributed by atoms with Crippen LogP contribution < -0.4 is 5.43 Å². The maximum Gasteiger partial charge on any atom is 0.187 e. The Hall–Kier alpha value is -2.01. The molecule has 122 valence electrons. The van der Waals surface area contributed by atoms with Crippen LogP contribution in [0.15, 0.2) is 17.2 Å². The zero-order valence-corrected chi connectivity index (χ0v) is 14.5. The third kappa shape index (κ3) is 3.06. The normalized spacial score (nSPS) is 15.0. The van der Waals surface area contributed by atoms with Gasteiger partial charge in [0, 0.05) is 59.8 Å². The van der Waals surface area contributed by atoms with E-state index >= 15 is 0 Å². The number of nitrogens with zero attached hydrogens (tertiary/aromatic N) is 3. The van der Waals surface area contributed by atoms with E-state index in [-0.39, 0.29) is 10.8 Å². The van der Waals surface area contributed by atoms with Crippen molar-refractivity contribution in [1.82, 2.24) is 19.9 Å². The average molecular weight is 312 g/mol. The highest BCUT2D eigenvalue weighted by Crippen LogP contribution is 2.25. The Morgan fingerprint density at radius 2 is 2.00 bits per heavy atom. The summed E-state index contributed by atoms with van der Waals surface area (Å²) in [5.41, 5.74) is 4.94. The second kappa shape index (κ2) is 5.57. The quantitative estimate of drug-likeness (QED) is 0.926. The first-order valence-electron chi connectivity index (χ1n) is 8.01. The number of rotatable bonds is 2. The van der Waals surface area contributed by atoms with Gasteiger partial charge in [-0.3, -0.25) is 9.69 Å². The molecule has 1 aliphatic rings. The number of H-pyrrole nitrogens is 1. The number of nitrogens with one attached hydrogen (secondary N) is 1. The van der Waals surface area contributed by atoms with E-state index in [4.69, 9.17) is 4.98 Å². The predicted octanol–water partition coefficient (Wildman–Crippen LogP) is 2.60. The standard InChI is InChI=1S/C18H24N4O/c1-11-6-19-14(12(2)16(11)23)9-22-8-13-7-20-17(18(3,4)5)21-15(13)10-22/h6-7H,8-10H2,1-5H3,(H,19,23). The van der Waals surface area contributed by atoms with Crippen molar-refractivity contribution in [2.24, 2.45) is 0 Å². The van der Waals surface area contributed by atoms with Gasteiger partial charge in [0.05, 0.1) is 5.69 Å². The Morgan fingerprint density at radius 1 is 1.26 bits per heavy atom. The lowest BCUT2D eigenvalue weighted by Crippen LogP contribution is -2.21. The number of aryl methyl sites for hydroxylation is 1. The predicted molar refractivity (Wildman–Crippen MR) is 90.2 cm³/mol. The van der Waals surface area contributed by atoms with E-state index in [1.807, 2.05) is 20.0 Å². The van der Waals surface area contributed by atoms with Crippen LogP contribution in [0.1, 0.15) is 54.7 Å². The fourth-order valence-electron chi connectivity index (χ4n) is 2.88. The minimum atomic E-state index is -0.0404. The van der Waals surface area contributed by atoms with Gasteiger partial charge in [0.2, 0.25) is 0 Å². The van der Waals surface area contributed by atoms with E-state index in [1.54, 1.807) is 6.20 Å². The van der Waals surface area contributed by atoms with Crippen molar-refractivity contribution in [2.75, 3.05) is 0 Å². The fourth-order valence-corrected chi connectivity index (χ4v) is 2.88. The molecule has 0 radical (unpaired) electrons. The average Bonchev–Trinajstić information content (AvgIpc) is 2.88. The van der Waals surface area contributed by atoms with E-state index in [9.17, 15) is 4.79 Å². The van der Waals surface area contributed by atoms with Gasteiger partial charge in [0.25, 0.3) is 0 Å². The SMILES string of the molecule is Cc1c[nH]c(CN2Cc3cnc(C(C)(C)C)nc3C2)c(C)c1=O. The number of hydrogen-bond donors (Lipinski definition) is 1. The van der Waals surface area contributed by atoms with Gasteiger partial charge in [-0.25, -0.2) is 9.97 Å². The van der Waals surface area contributed by atoms with Gasteiger partial charge in [-0.1, -0.05) is 20.8 Å². The van der Waals surface area contributed by atoms with Crippen LogP contribution in [-0.4, -0.2) is 19.9 Å². The van der Waals surface area contributed by atoms with Crippen molar-refractivity contribution in [3.63, 3.8) is 0 Å². The molecule has 5 nitrogen and oxygen atoms in total. The van der Waals surface area contributed by atoms with E-state index < -0.39 is 0 Å². The van der Waals surface area contributed by atoms with E-state index in [2.05, 4.69) is 35.6 Å². The zero-order chi connectivity index (χ0) is 16.8. The van der Waals surface area contributed by atoms with Gasteiger partial charge < -0.3 is 4.98 Å². The van der Waals surface area contributed by atoms with Crippen molar-refractivity contribution >= 4 is 0 Å². The molecule has 3 heterocycles. The molecule has 0 spiro atoms. The van der Waals surface area contributed by atoms with Crippen molar-refractivity contribution in [3.8, 4) is 0 Å². The monoisotopic (exact) mass is 312 g/mol. The molecule has 2 aromatic rings. The van der Waals surface area contributed by atoms with E-state index in [0.717, 1.165) is 48.0 Å².